The fourth-order valence-corrected chi connectivity index (χ4v) is 3.43. The molecule has 154 valence electrons. The van der Waals surface area contributed by atoms with E-state index in [1.165, 1.54) is 7.11 Å². The second kappa shape index (κ2) is 9.65. The summed E-state index contributed by atoms with van der Waals surface area (Å²) < 4.78 is 10.9. The first-order chi connectivity index (χ1) is 14.0. The molecule has 1 heterocycles. The number of hydrogen-bond donors (Lipinski definition) is 0. The molecule has 3 rings (SSSR count). The van der Waals surface area contributed by atoms with Gasteiger partial charge in [0, 0.05) is 31.2 Å². The van der Waals surface area contributed by atoms with Crippen LogP contribution < -0.4 is 9.47 Å². The lowest BCUT2D eigenvalue weighted by atomic mass is 10.1. The van der Waals surface area contributed by atoms with Crippen molar-refractivity contribution in [3.05, 3.63) is 58.6 Å². The average molecular weight is 417 g/mol. The minimum atomic E-state index is -0.144. The molecule has 2 aromatic rings. The van der Waals surface area contributed by atoms with Gasteiger partial charge >= 0.3 is 0 Å². The summed E-state index contributed by atoms with van der Waals surface area (Å²) in [5.41, 5.74) is 1.57. The predicted octanol–water partition coefficient (Wildman–Crippen LogP) is 3.41. The van der Waals surface area contributed by atoms with Crippen LogP contribution in [0.2, 0.25) is 5.02 Å². The van der Waals surface area contributed by atoms with Crippen molar-refractivity contribution in [2.45, 2.75) is 13.3 Å². The van der Waals surface area contributed by atoms with Crippen LogP contribution in [0.25, 0.3) is 0 Å². The molecule has 1 fully saturated rings. The van der Waals surface area contributed by atoms with E-state index in [1.54, 1.807) is 28.0 Å². The quantitative estimate of drug-likeness (QED) is 0.749. The number of hydrogen-bond acceptors (Lipinski definition) is 4. The Morgan fingerprint density at radius 3 is 2.41 bits per heavy atom. The molecule has 1 aliphatic heterocycles. The Morgan fingerprint density at radius 1 is 1.00 bits per heavy atom. The van der Waals surface area contributed by atoms with Gasteiger partial charge in [-0.15, -0.1) is 0 Å². The monoisotopic (exact) mass is 416 g/mol. The maximum atomic E-state index is 13.0. The minimum Gasteiger partial charge on any atom is -0.496 e. The smallest absolute Gasteiger partial charge is 0.260 e. The maximum Gasteiger partial charge on any atom is 0.260 e. The van der Waals surface area contributed by atoms with Gasteiger partial charge in [-0.2, -0.15) is 0 Å². The number of amides is 2. The third-order valence-electron chi connectivity index (χ3n) is 4.91. The zero-order valence-electron chi connectivity index (χ0n) is 16.7. The van der Waals surface area contributed by atoms with E-state index in [0.29, 0.717) is 54.7 Å². The fraction of sp³-hybridized carbons (Fsp3) is 0.364. The largest absolute Gasteiger partial charge is 0.496 e. The summed E-state index contributed by atoms with van der Waals surface area (Å²) in [6.07, 6.45) is 0.699. The molecule has 0 spiro atoms. The third kappa shape index (κ3) is 5.41. The zero-order valence-corrected chi connectivity index (χ0v) is 17.4. The molecule has 0 N–H and O–H groups in total. The second-order valence-electron chi connectivity index (χ2n) is 6.97. The highest BCUT2D eigenvalue weighted by atomic mass is 35.5. The Morgan fingerprint density at radius 2 is 1.69 bits per heavy atom. The van der Waals surface area contributed by atoms with E-state index in [4.69, 9.17) is 21.1 Å². The van der Waals surface area contributed by atoms with Crippen LogP contribution in [-0.2, 0) is 4.79 Å². The van der Waals surface area contributed by atoms with Gasteiger partial charge in [0.2, 0.25) is 0 Å². The zero-order chi connectivity index (χ0) is 20.8. The van der Waals surface area contributed by atoms with Crippen molar-refractivity contribution in [2.75, 3.05) is 39.9 Å². The van der Waals surface area contributed by atoms with Crippen molar-refractivity contribution in [3.8, 4) is 11.5 Å². The van der Waals surface area contributed by atoms with Crippen molar-refractivity contribution in [1.29, 1.82) is 0 Å². The normalized spacial score (nSPS) is 14.3. The number of rotatable bonds is 5. The van der Waals surface area contributed by atoms with Crippen molar-refractivity contribution in [3.63, 3.8) is 0 Å². The molecule has 29 heavy (non-hydrogen) atoms. The van der Waals surface area contributed by atoms with Crippen molar-refractivity contribution in [2.24, 2.45) is 0 Å². The first kappa shape index (κ1) is 21.0. The summed E-state index contributed by atoms with van der Waals surface area (Å²) in [5.74, 6) is 0.932. The Labute approximate surface area is 176 Å². The van der Waals surface area contributed by atoms with Gasteiger partial charge in [0.1, 0.15) is 11.5 Å². The number of methoxy groups -OCH3 is 1. The Hall–Kier alpha value is -2.73. The number of aryl methyl sites for hydroxylation is 1. The van der Waals surface area contributed by atoms with Gasteiger partial charge in [-0.3, -0.25) is 9.59 Å². The lowest BCUT2D eigenvalue weighted by Gasteiger charge is -2.23. The molecule has 2 amide bonds. The molecule has 0 atom stereocenters. The van der Waals surface area contributed by atoms with Crippen LogP contribution in [0.15, 0.2) is 42.5 Å². The first-order valence-electron chi connectivity index (χ1n) is 9.58. The average Bonchev–Trinajstić information content (AvgIpc) is 2.99. The molecule has 1 saturated heterocycles. The van der Waals surface area contributed by atoms with Crippen LogP contribution in [0.4, 0.5) is 0 Å². The van der Waals surface area contributed by atoms with E-state index in [0.717, 1.165) is 5.56 Å². The molecular formula is C22H25ClN2O4. The van der Waals surface area contributed by atoms with Gasteiger partial charge in [-0.25, -0.2) is 0 Å². The van der Waals surface area contributed by atoms with E-state index in [-0.39, 0.29) is 18.4 Å². The van der Waals surface area contributed by atoms with E-state index in [2.05, 4.69) is 0 Å². The van der Waals surface area contributed by atoms with Crippen LogP contribution >= 0.6 is 11.6 Å². The molecule has 2 aromatic carbocycles. The Balaban J connectivity index is 1.58. The first-order valence-corrected chi connectivity index (χ1v) is 9.96. The van der Waals surface area contributed by atoms with Gasteiger partial charge in [0.25, 0.3) is 11.8 Å². The summed E-state index contributed by atoms with van der Waals surface area (Å²) >= 11 is 6.05. The topological polar surface area (TPSA) is 59.1 Å². The molecular weight excluding hydrogens is 392 g/mol. The molecule has 0 radical (unpaired) electrons. The Bertz CT molecular complexity index is 870. The van der Waals surface area contributed by atoms with Crippen LogP contribution in [-0.4, -0.2) is 61.5 Å². The van der Waals surface area contributed by atoms with Crippen molar-refractivity contribution < 1.29 is 19.1 Å². The summed E-state index contributed by atoms with van der Waals surface area (Å²) in [6.45, 7) is 4.05. The SMILES string of the molecule is COc1ccc(Cl)cc1C(=O)N1CCCN(C(=O)COc2ccc(C)cc2)CC1. The number of nitrogens with zero attached hydrogens (tertiary/aromatic N) is 2. The summed E-state index contributed by atoms with van der Waals surface area (Å²) in [4.78, 5) is 29.0. The molecule has 7 heteroatoms. The number of carbonyl (C=O) groups excluding carboxylic acids is 2. The van der Waals surface area contributed by atoms with Gasteiger partial charge in [0.15, 0.2) is 6.61 Å². The standard InChI is InChI=1S/C22H25ClN2O4/c1-16-4-7-18(8-5-16)29-15-21(26)24-10-3-11-25(13-12-24)22(27)19-14-17(23)6-9-20(19)28-2/h4-9,14H,3,10-13,15H2,1-2H3. The van der Waals surface area contributed by atoms with E-state index in [9.17, 15) is 9.59 Å². The van der Waals surface area contributed by atoms with Crippen molar-refractivity contribution in [1.82, 2.24) is 9.80 Å². The van der Waals surface area contributed by atoms with Crippen molar-refractivity contribution >= 4 is 23.4 Å². The van der Waals surface area contributed by atoms with Crippen LogP contribution in [0, 0.1) is 6.92 Å². The fourth-order valence-electron chi connectivity index (χ4n) is 3.26. The van der Waals surface area contributed by atoms with Gasteiger partial charge in [-0.05, 0) is 43.7 Å². The molecule has 0 aromatic heterocycles. The minimum absolute atomic E-state index is 0.0148. The van der Waals surface area contributed by atoms with Crippen LogP contribution in [0.5, 0.6) is 11.5 Å². The molecule has 0 saturated carbocycles. The molecule has 1 aliphatic rings. The summed E-state index contributed by atoms with van der Waals surface area (Å²) in [6, 6.07) is 12.6. The van der Waals surface area contributed by atoms with E-state index >= 15 is 0 Å². The third-order valence-corrected chi connectivity index (χ3v) is 5.15. The molecule has 6 nitrogen and oxygen atoms in total. The summed E-state index contributed by atoms with van der Waals surface area (Å²) in [5, 5.41) is 0.481. The number of benzene rings is 2. The van der Waals surface area contributed by atoms with Gasteiger partial charge < -0.3 is 19.3 Å². The molecule has 0 aliphatic carbocycles. The highest BCUT2D eigenvalue weighted by Crippen LogP contribution is 2.24. The number of carbonyl (C=O) groups is 2. The summed E-state index contributed by atoms with van der Waals surface area (Å²) in [7, 11) is 1.52. The van der Waals surface area contributed by atoms with E-state index in [1.807, 2.05) is 31.2 Å². The van der Waals surface area contributed by atoms with Crippen LogP contribution in [0.1, 0.15) is 22.3 Å². The highest BCUT2D eigenvalue weighted by Gasteiger charge is 2.25. The predicted molar refractivity (Wildman–Crippen MR) is 112 cm³/mol. The van der Waals surface area contributed by atoms with Gasteiger partial charge in [-0.1, -0.05) is 29.3 Å². The highest BCUT2D eigenvalue weighted by molar-refractivity contribution is 6.31. The lowest BCUT2D eigenvalue weighted by molar-refractivity contribution is -0.133. The van der Waals surface area contributed by atoms with E-state index < -0.39 is 0 Å². The van der Waals surface area contributed by atoms with Gasteiger partial charge in [0.05, 0.1) is 12.7 Å². The molecule has 0 unspecified atom stereocenters. The Kier molecular flexibility index (Phi) is 6.99. The second-order valence-corrected chi connectivity index (χ2v) is 7.41. The van der Waals surface area contributed by atoms with Crippen LogP contribution in [0.3, 0.4) is 0 Å². The number of halogens is 1. The maximum absolute atomic E-state index is 13.0. The number of ether oxygens (including phenoxy) is 2. The lowest BCUT2D eigenvalue weighted by Crippen LogP contribution is -2.39. The molecule has 0 bridgehead atoms.